The summed E-state index contributed by atoms with van der Waals surface area (Å²) in [6.07, 6.45) is 0.880. The van der Waals surface area contributed by atoms with Gasteiger partial charge in [-0.3, -0.25) is 9.69 Å². The lowest BCUT2D eigenvalue weighted by atomic mass is 10.1. The van der Waals surface area contributed by atoms with Gasteiger partial charge in [0, 0.05) is 24.5 Å². The van der Waals surface area contributed by atoms with Gasteiger partial charge in [-0.25, -0.2) is 9.37 Å². The van der Waals surface area contributed by atoms with Crippen LogP contribution in [0.4, 0.5) is 4.39 Å². The summed E-state index contributed by atoms with van der Waals surface area (Å²) in [5.41, 5.74) is 3.93. The van der Waals surface area contributed by atoms with E-state index in [0.717, 1.165) is 23.5 Å². The highest BCUT2D eigenvalue weighted by atomic mass is 32.1. The first-order valence-electron chi connectivity index (χ1n) is 10.2. The fraction of sp³-hybridized carbons (Fsp3) is 0.333. The highest BCUT2D eigenvalue weighted by Crippen LogP contribution is 2.18. The fourth-order valence-electron chi connectivity index (χ4n) is 3.05. The van der Waals surface area contributed by atoms with Gasteiger partial charge in [-0.05, 0) is 43.5 Å². The van der Waals surface area contributed by atoms with Gasteiger partial charge >= 0.3 is 0 Å². The second-order valence-electron chi connectivity index (χ2n) is 7.67. The molecule has 0 fully saturated rings. The molecule has 6 heteroatoms. The lowest BCUT2D eigenvalue weighted by Gasteiger charge is -2.21. The van der Waals surface area contributed by atoms with E-state index in [2.05, 4.69) is 46.4 Å². The van der Waals surface area contributed by atoms with Crippen molar-refractivity contribution in [1.82, 2.24) is 15.2 Å². The van der Waals surface area contributed by atoms with Gasteiger partial charge in [0.25, 0.3) is 5.91 Å². The minimum Gasteiger partial charge on any atom is -0.348 e. The molecule has 4 nitrogen and oxygen atoms in total. The van der Waals surface area contributed by atoms with Crippen LogP contribution in [-0.4, -0.2) is 21.8 Å². The maximum atomic E-state index is 13.3. The van der Waals surface area contributed by atoms with Gasteiger partial charge in [0.1, 0.15) is 16.5 Å². The number of halogens is 1. The molecule has 0 spiro atoms. The molecule has 2 aromatic carbocycles. The monoisotopic (exact) mass is 425 g/mol. The van der Waals surface area contributed by atoms with E-state index < -0.39 is 0 Å². The molecule has 1 amide bonds. The van der Waals surface area contributed by atoms with Crippen LogP contribution in [0.15, 0.2) is 53.9 Å². The molecule has 1 atom stereocenters. The van der Waals surface area contributed by atoms with E-state index in [-0.39, 0.29) is 17.8 Å². The average molecular weight is 426 g/mol. The van der Waals surface area contributed by atoms with Crippen molar-refractivity contribution in [1.29, 1.82) is 0 Å². The number of carbonyl (C=O) groups excluding carboxylic acids is 1. The van der Waals surface area contributed by atoms with Crippen molar-refractivity contribution in [3.63, 3.8) is 0 Å². The Labute approximate surface area is 181 Å². The smallest absolute Gasteiger partial charge is 0.270 e. The van der Waals surface area contributed by atoms with Crippen LogP contribution in [0.25, 0.3) is 0 Å². The third-order valence-electron chi connectivity index (χ3n) is 4.98. The Kier molecular flexibility index (Phi) is 7.71. The van der Waals surface area contributed by atoms with Crippen LogP contribution < -0.4 is 5.32 Å². The Hall–Kier alpha value is -2.57. The molecule has 158 valence electrons. The predicted molar refractivity (Wildman–Crippen MR) is 120 cm³/mol. The lowest BCUT2D eigenvalue weighted by molar-refractivity contribution is 0.0934. The average Bonchev–Trinajstić information content (AvgIpc) is 3.20. The highest BCUT2D eigenvalue weighted by molar-refractivity contribution is 7.09. The number of aromatic nitrogens is 1. The van der Waals surface area contributed by atoms with Crippen LogP contribution in [0, 0.1) is 12.7 Å². The number of amides is 1. The van der Waals surface area contributed by atoms with Crippen molar-refractivity contribution < 1.29 is 9.18 Å². The van der Waals surface area contributed by atoms with Gasteiger partial charge in [-0.1, -0.05) is 48.9 Å². The minimum absolute atomic E-state index is 0.124. The molecule has 0 aliphatic rings. The van der Waals surface area contributed by atoms with Crippen molar-refractivity contribution in [2.45, 2.75) is 52.9 Å². The molecule has 0 aliphatic heterocycles. The van der Waals surface area contributed by atoms with Gasteiger partial charge in [0.15, 0.2) is 0 Å². The Morgan fingerprint density at radius 2 is 1.67 bits per heavy atom. The normalized spacial score (nSPS) is 12.2. The summed E-state index contributed by atoms with van der Waals surface area (Å²) in [7, 11) is 0. The molecule has 1 aromatic heterocycles. The van der Waals surface area contributed by atoms with E-state index in [9.17, 15) is 9.18 Å². The molecule has 0 aliphatic carbocycles. The van der Waals surface area contributed by atoms with Gasteiger partial charge in [0.05, 0.1) is 6.54 Å². The maximum absolute atomic E-state index is 13.3. The van der Waals surface area contributed by atoms with Crippen LogP contribution in [0.1, 0.15) is 52.5 Å². The molecular formula is C24H28FN3OS. The molecule has 0 bridgehead atoms. The Morgan fingerprint density at radius 1 is 1.07 bits per heavy atom. The first-order valence-corrected chi connectivity index (χ1v) is 11.1. The fourth-order valence-corrected chi connectivity index (χ4v) is 3.86. The third kappa shape index (κ3) is 6.47. The number of thiazole rings is 1. The zero-order valence-electron chi connectivity index (χ0n) is 17.7. The molecule has 0 saturated carbocycles. The summed E-state index contributed by atoms with van der Waals surface area (Å²) in [6, 6.07) is 15.2. The van der Waals surface area contributed by atoms with E-state index in [4.69, 9.17) is 0 Å². The largest absolute Gasteiger partial charge is 0.348 e. The zero-order chi connectivity index (χ0) is 21.5. The van der Waals surface area contributed by atoms with E-state index in [1.807, 2.05) is 31.4 Å². The quantitative estimate of drug-likeness (QED) is 0.505. The summed E-state index contributed by atoms with van der Waals surface area (Å²) in [6.45, 7) is 8.12. The standard InChI is InChI=1S/C24H28FN3OS/c1-4-18(3)26-24(29)22-16-30-23(27-22)15-28(13-19-7-5-17(2)6-8-19)14-20-9-11-21(25)12-10-20/h5-12,16,18H,4,13-15H2,1-3H3,(H,26,29). The van der Waals surface area contributed by atoms with Crippen LogP contribution in [0.5, 0.6) is 0 Å². The number of benzene rings is 2. The number of carbonyl (C=O) groups is 1. The summed E-state index contributed by atoms with van der Waals surface area (Å²) in [5.74, 6) is -0.365. The predicted octanol–water partition coefficient (Wildman–Crippen LogP) is 5.32. The van der Waals surface area contributed by atoms with Crippen LogP contribution in [-0.2, 0) is 19.6 Å². The van der Waals surface area contributed by atoms with Gasteiger partial charge < -0.3 is 5.32 Å². The van der Waals surface area contributed by atoms with Crippen molar-refractivity contribution in [3.8, 4) is 0 Å². The molecular weight excluding hydrogens is 397 g/mol. The number of hydrogen-bond acceptors (Lipinski definition) is 4. The molecule has 3 aromatic rings. The molecule has 30 heavy (non-hydrogen) atoms. The van der Waals surface area contributed by atoms with Gasteiger partial charge in [-0.15, -0.1) is 11.3 Å². The maximum Gasteiger partial charge on any atom is 0.270 e. The van der Waals surface area contributed by atoms with E-state index in [0.29, 0.717) is 18.8 Å². The molecule has 0 saturated heterocycles. The van der Waals surface area contributed by atoms with E-state index >= 15 is 0 Å². The van der Waals surface area contributed by atoms with E-state index in [1.54, 1.807) is 0 Å². The van der Waals surface area contributed by atoms with Crippen molar-refractivity contribution in [2.24, 2.45) is 0 Å². The van der Waals surface area contributed by atoms with Crippen LogP contribution in [0.3, 0.4) is 0 Å². The number of rotatable bonds is 9. The minimum atomic E-state index is -0.235. The van der Waals surface area contributed by atoms with Crippen LogP contribution >= 0.6 is 11.3 Å². The number of aryl methyl sites for hydroxylation is 1. The topological polar surface area (TPSA) is 45.2 Å². The van der Waals surface area contributed by atoms with E-state index in [1.165, 1.54) is 34.6 Å². The first-order chi connectivity index (χ1) is 14.4. The second kappa shape index (κ2) is 10.5. The van der Waals surface area contributed by atoms with Crippen molar-refractivity contribution in [3.05, 3.63) is 87.1 Å². The first kappa shape index (κ1) is 22.1. The Bertz CT molecular complexity index is 906. The van der Waals surface area contributed by atoms with Crippen LogP contribution in [0.2, 0.25) is 0 Å². The number of hydrogen-bond donors (Lipinski definition) is 1. The molecule has 1 unspecified atom stereocenters. The second-order valence-corrected chi connectivity index (χ2v) is 8.61. The van der Waals surface area contributed by atoms with Gasteiger partial charge in [-0.2, -0.15) is 0 Å². The molecule has 3 rings (SSSR count). The lowest BCUT2D eigenvalue weighted by Crippen LogP contribution is -2.32. The van der Waals surface area contributed by atoms with Crippen molar-refractivity contribution in [2.75, 3.05) is 0 Å². The molecule has 1 N–H and O–H groups in total. The molecule has 1 heterocycles. The highest BCUT2D eigenvalue weighted by Gasteiger charge is 2.15. The summed E-state index contributed by atoms with van der Waals surface area (Å²) in [5, 5.41) is 5.66. The Morgan fingerprint density at radius 3 is 2.27 bits per heavy atom. The summed E-state index contributed by atoms with van der Waals surface area (Å²) >= 11 is 1.49. The number of nitrogens with zero attached hydrogens (tertiary/aromatic N) is 2. The summed E-state index contributed by atoms with van der Waals surface area (Å²) < 4.78 is 13.3. The van der Waals surface area contributed by atoms with Crippen molar-refractivity contribution >= 4 is 17.2 Å². The molecule has 0 radical (unpaired) electrons. The summed E-state index contributed by atoms with van der Waals surface area (Å²) in [4.78, 5) is 19.2. The van der Waals surface area contributed by atoms with Gasteiger partial charge in [0.2, 0.25) is 0 Å². The number of nitrogens with one attached hydrogen (secondary N) is 1. The third-order valence-corrected chi connectivity index (χ3v) is 5.81. The SMILES string of the molecule is CCC(C)NC(=O)c1csc(CN(Cc2ccc(C)cc2)Cc2ccc(F)cc2)n1. The zero-order valence-corrected chi connectivity index (χ0v) is 18.5. The Balaban J connectivity index is 1.73.